The summed E-state index contributed by atoms with van der Waals surface area (Å²) >= 11 is 0. The summed E-state index contributed by atoms with van der Waals surface area (Å²) in [5.74, 6) is 2.29. The maximum atomic E-state index is 10.5. The summed E-state index contributed by atoms with van der Waals surface area (Å²) in [6.07, 6.45) is 0. The molecule has 58 valence electrons. The van der Waals surface area contributed by atoms with Crippen molar-refractivity contribution in [2.75, 3.05) is 0 Å². The number of carbonyl (C=O) groups is 2. The topological polar surface area (TPSA) is 104 Å². The van der Waals surface area contributed by atoms with Gasteiger partial charge in [0.15, 0.2) is 0 Å². The third-order valence-corrected chi connectivity index (χ3v) is 1.04. The lowest BCUT2D eigenvalue weighted by atomic mass is 10.1. The van der Waals surface area contributed by atoms with Crippen molar-refractivity contribution in [3.05, 3.63) is 0 Å². The first kappa shape index (κ1) is 8.86. The molecule has 0 fully saturated rings. The van der Waals surface area contributed by atoms with Gasteiger partial charge in [-0.05, 0) is 6.92 Å². The summed E-state index contributed by atoms with van der Waals surface area (Å²) in [5.41, 5.74) is 3.09. The van der Waals surface area contributed by atoms with Gasteiger partial charge in [0.1, 0.15) is 5.92 Å². The highest BCUT2D eigenvalue weighted by atomic mass is 16.5. The predicted octanol–water partition coefficient (Wildman–Crippen LogP) is -1.88. The van der Waals surface area contributed by atoms with Crippen LogP contribution in [0.2, 0.25) is 0 Å². The number of nitrogens with one attached hydrogen (secondary N) is 2. The second-order valence-corrected chi connectivity index (χ2v) is 1.71. The van der Waals surface area contributed by atoms with Gasteiger partial charge >= 0.3 is 0 Å². The molecule has 0 saturated heterocycles. The molecule has 6 heteroatoms. The smallest absolute Gasteiger partial charge is 0.255 e. The van der Waals surface area contributed by atoms with Gasteiger partial charge in [-0.15, -0.1) is 0 Å². The zero-order valence-electron chi connectivity index (χ0n) is 5.42. The highest BCUT2D eigenvalue weighted by Crippen LogP contribution is 1.91. The van der Waals surface area contributed by atoms with E-state index in [1.807, 2.05) is 0 Å². The van der Waals surface area contributed by atoms with Crippen molar-refractivity contribution in [1.82, 2.24) is 10.9 Å². The number of rotatable bonds is 2. The summed E-state index contributed by atoms with van der Waals surface area (Å²) in [6, 6.07) is 0. The molecule has 0 heterocycles. The van der Waals surface area contributed by atoms with Crippen LogP contribution in [0.1, 0.15) is 6.92 Å². The number of amides is 2. The second-order valence-electron chi connectivity index (χ2n) is 1.71. The van der Waals surface area contributed by atoms with E-state index in [0.717, 1.165) is 0 Å². The Kier molecular flexibility index (Phi) is 3.37. The minimum absolute atomic E-state index is 0.647. The third kappa shape index (κ3) is 2.00. The third-order valence-electron chi connectivity index (χ3n) is 1.04. The molecular weight excluding hydrogens is 138 g/mol. The Morgan fingerprint density at radius 1 is 1.50 bits per heavy atom. The van der Waals surface area contributed by atoms with Gasteiger partial charge in [0, 0.05) is 0 Å². The molecule has 10 heavy (non-hydrogen) atoms. The van der Waals surface area contributed by atoms with E-state index < -0.39 is 17.7 Å². The lowest BCUT2D eigenvalue weighted by Gasteiger charge is -2.05. The van der Waals surface area contributed by atoms with Crippen molar-refractivity contribution < 1.29 is 14.8 Å². The minimum Gasteiger partial charge on any atom is -0.294 e. The number of carbonyl (C=O) groups excluding carboxylic acids is 2. The van der Waals surface area contributed by atoms with Crippen LogP contribution in [0.3, 0.4) is 0 Å². The van der Waals surface area contributed by atoms with Crippen molar-refractivity contribution in [2.45, 2.75) is 6.92 Å². The molecule has 5 N–H and O–H groups in total. The summed E-state index contributed by atoms with van der Waals surface area (Å²) in [5, 5.41) is 8.03. The summed E-state index contributed by atoms with van der Waals surface area (Å²) in [4.78, 5) is 20.9. The highest BCUT2D eigenvalue weighted by molar-refractivity contribution is 5.99. The lowest BCUT2D eigenvalue weighted by Crippen LogP contribution is -2.41. The molecule has 0 spiro atoms. The Labute approximate surface area is 57.3 Å². The van der Waals surface area contributed by atoms with E-state index in [2.05, 4.69) is 0 Å². The maximum absolute atomic E-state index is 10.5. The van der Waals surface area contributed by atoms with Crippen molar-refractivity contribution in [1.29, 1.82) is 0 Å². The first-order chi connectivity index (χ1) is 4.63. The Morgan fingerprint density at radius 2 is 2.00 bits per heavy atom. The van der Waals surface area contributed by atoms with Crippen LogP contribution in [-0.2, 0) is 9.59 Å². The van der Waals surface area contributed by atoms with E-state index in [1.165, 1.54) is 12.4 Å². The van der Waals surface area contributed by atoms with Crippen LogP contribution >= 0.6 is 0 Å². The van der Waals surface area contributed by atoms with E-state index in [9.17, 15) is 9.59 Å². The van der Waals surface area contributed by atoms with E-state index >= 15 is 0 Å². The number of hydrogen-bond acceptors (Lipinski definition) is 4. The van der Waals surface area contributed by atoms with Gasteiger partial charge in [0.05, 0.1) is 0 Å². The molecule has 0 aromatic carbocycles. The van der Waals surface area contributed by atoms with Crippen molar-refractivity contribution in [3.8, 4) is 0 Å². The van der Waals surface area contributed by atoms with Crippen LogP contribution in [0.15, 0.2) is 0 Å². The van der Waals surface area contributed by atoms with Crippen molar-refractivity contribution in [3.63, 3.8) is 0 Å². The molecule has 0 aromatic rings. The average molecular weight is 147 g/mol. The van der Waals surface area contributed by atoms with Crippen LogP contribution in [0.5, 0.6) is 0 Å². The van der Waals surface area contributed by atoms with Gasteiger partial charge in [-0.3, -0.25) is 20.2 Å². The van der Waals surface area contributed by atoms with Gasteiger partial charge < -0.3 is 0 Å². The molecule has 0 aliphatic carbocycles. The molecule has 0 aliphatic heterocycles. The van der Waals surface area contributed by atoms with Crippen LogP contribution in [0, 0.1) is 5.92 Å². The quantitative estimate of drug-likeness (QED) is 0.120. The standard InChI is InChI=1S/C4H9N3O3/c1-2(3(8)6-5)4(9)7-10/h2,10H,5H2,1H3,(H,6,8)(H,7,9)/t2-/m1/s1. The molecule has 0 unspecified atom stereocenters. The fourth-order valence-corrected chi connectivity index (χ4v) is 0.341. The first-order valence-electron chi connectivity index (χ1n) is 2.58. The summed E-state index contributed by atoms with van der Waals surface area (Å²) in [7, 11) is 0. The van der Waals surface area contributed by atoms with Crippen LogP contribution in [-0.4, -0.2) is 17.0 Å². The molecular formula is C4H9N3O3. The highest BCUT2D eigenvalue weighted by Gasteiger charge is 2.19. The Morgan fingerprint density at radius 3 is 2.30 bits per heavy atom. The fourth-order valence-electron chi connectivity index (χ4n) is 0.341. The minimum atomic E-state index is -0.977. The molecule has 0 bridgehead atoms. The number of hydrazine groups is 1. The van der Waals surface area contributed by atoms with Crippen LogP contribution in [0.25, 0.3) is 0 Å². The zero-order chi connectivity index (χ0) is 8.15. The van der Waals surface area contributed by atoms with Gasteiger partial charge in [0.25, 0.3) is 5.91 Å². The van der Waals surface area contributed by atoms with Gasteiger partial charge in [-0.2, -0.15) is 0 Å². The molecule has 0 aromatic heterocycles. The molecule has 0 radical (unpaired) electrons. The largest absolute Gasteiger partial charge is 0.294 e. The van der Waals surface area contributed by atoms with Crippen LogP contribution < -0.4 is 16.7 Å². The number of hydroxylamine groups is 1. The van der Waals surface area contributed by atoms with Gasteiger partial charge in [-0.1, -0.05) is 0 Å². The van der Waals surface area contributed by atoms with Crippen LogP contribution in [0.4, 0.5) is 0 Å². The summed E-state index contributed by atoms with van der Waals surface area (Å²) < 4.78 is 0. The molecule has 2 amide bonds. The zero-order valence-corrected chi connectivity index (χ0v) is 5.42. The maximum Gasteiger partial charge on any atom is 0.255 e. The average Bonchev–Trinajstić information content (AvgIpc) is 2.00. The lowest BCUT2D eigenvalue weighted by molar-refractivity contribution is -0.139. The van der Waals surface area contributed by atoms with E-state index in [0.29, 0.717) is 0 Å². The Balaban J connectivity index is 3.94. The summed E-state index contributed by atoms with van der Waals surface area (Å²) in [6.45, 7) is 1.31. The fraction of sp³-hybridized carbons (Fsp3) is 0.500. The SMILES string of the molecule is C[C@H](C(=O)NN)C(=O)NO. The molecule has 0 saturated carbocycles. The predicted molar refractivity (Wildman–Crippen MR) is 31.4 cm³/mol. The molecule has 0 aliphatic rings. The van der Waals surface area contributed by atoms with Crippen molar-refractivity contribution in [2.24, 2.45) is 11.8 Å². The Bertz CT molecular complexity index is 131. The van der Waals surface area contributed by atoms with Gasteiger partial charge in [0.2, 0.25) is 5.91 Å². The molecule has 1 atom stereocenters. The second kappa shape index (κ2) is 3.80. The van der Waals surface area contributed by atoms with Crippen molar-refractivity contribution >= 4 is 11.8 Å². The Hall–Kier alpha value is -1.14. The number of hydrogen-bond donors (Lipinski definition) is 4. The normalized spacial score (nSPS) is 11.9. The molecule has 6 nitrogen and oxygen atoms in total. The van der Waals surface area contributed by atoms with Gasteiger partial charge in [-0.25, -0.2) is 11.3 Å². The first-order valence-corrected chi connectivity index (χ1v) is 2.58. The van der Waals surface area contributed by atoms with E-state index in [-0.39, 0.29) is 0 Å². The van der Waals surface area contributed by atoms with E-state index in [4.69, 9.17) is 11.0 Å². The number of nitrogens with two attached hydrogens (primary N) is 1. The monoisotopic (exact) mass is 147 g/mol. The van der Waals surface area contributed by atoms with E-state index in [1.54, 1.807) is 5.43 Å². The molecule has 0 rings (SSSR count).